The Bertz CT molecular complexity index is 1400. The van der Waals surface area contributed by atoms with E-state index in [4.69, 9.17) is 39.7 Å². The van der Waals surface area contributed by atoms with E-state index in [-0.39, 0.29) is 19.4 Å². The van der Waals surface area contributed by atoms with Crippen molar-refractivity contribution in [3.8, 4) is 12.3 Å². The molecule has 0 saturated carbocycles. The van der Waals surface area contributed by atoms with E-state index in [1.54, 1.807) is 0 Å². The molecular formula is C26H27ClN2O9. The number of rotatable bonds is 8. The topological polar surface area (TPSA) is 143 Å². The summed E-state index contributed by atoms with van der Waals surface area (Å²) in [5, 5.41) is 0.387. The molecule has 6 atom stereocenters. The zero-order valence-electron chi connectivity index (χ0n) is 22.5. The molecule has 0 spiro atoms. The molecule has 202 valence electrons. The van der Waals surface area contributed by atoms with E-state index in [0.717, 1.165) is 16.8 Å². The van der Waals surface area contributed by atoms with Crippen LogP contribution in [0.5, 0.6) is 0 Å². The Morgan fingerprint density at radius 2 is 1.84 bits per heavy atom. The molecule has 1 fully saturated rings. The van der Waals surface area contributed by atoms with Gasteiger partial charge in [0.15, 0.2) is 6.23 Å². The van der Waals surface area contributed by atoms with Gasteiger partial charge in [0.1, 0.15) is 12.7 Å². The van der Waals surface area contributed by atoms with Gasteiger partial charge >= 0.3 is 23.6 Å². The van der Waals surface area contributed by atoms with Crippen LogP contribution in [0.1, 0.15) is 47.0 Å². The predicted octanol–water partition coefficient (Wildman–Crippen LogP) is 2.08. The van der Waals surface area contributed by atoms with Crippen molar-refractivity contribution in [2.75, 3.05) is 6.61 Å². The maximum atomic E-state index is 12.9. The van der Waals surface area contributed by atoms with E-state index >= 15 is 0 Å². The van der Waals surface area contributed by atoms with Crippen molar-refractivity contribution in [1.82, 2.24) is 9.55 Å². The number of halogens is 1. The van der Waals surface area contributed by atoms with Crippen molar-refractivity contribution < 1.29 is 36.1 Å². The Morgan fingerprint density at radius 1 is 1.18 bits per heavy atom. The minimum Gasteiger partial charge on any atom is -0.459 e. The number of nitrogens with zero attached hydrogens (tertiary/aromatic N) is 1. The van der Waals surface area contributed by atoms with Crippen LogP contribution in [0.3, 0.4) is 0 Å². The number of esters is 3. The number of nitrogens with one attached hydrogen (secondary N) is 1. The SMILES string of the molecule is [2H]CC(C)C(=O)O[C@H]1C(n2ccc(=O)[nH]c2=O)O[C@H](COC(=O)c2ccc(Cl)cc2)[C@@]1(C#C)OC(=O)C(C)C[2H]. The van der Waals surface area contributed by atoms with E-state index in [9.17, 15) is 24.0 Å². The normalized spacial score (nSPS) is 24.7. The summed E-state index contributed by atoms with van der Waals surface area (Å²) in [6, 6.07) is 6.79. The van der Waals surface area contributed by atoms with Crippen LogP contribution < -0.4 is 11.2 Å². The number of carbonyl (C=O) groups is 3. The van der Waals surface area contributed by atoms with E-state index in [2.05, 4.69) is 5.92 Å². The molecule has 1 aromatic heterocycles. The quantitative estimate of drug-likeness (QED) is 0.298. The molecule has 0 radical (unpaired) electrons. The molecule has 0 bridgehead atoms. The molecule has 3 unspecified atom stereocenters. The smallest absolute Gasteiger partial charge is 0.338 e. The molecule has 2 heterocycles. The highest BCUT2D eigenvalue weighted by molar-refractivity contribution is 6.30. The minimum absolute atomic E-state index is 0.134. The van der Waals surface area contributed by atoms with Crippen LogP contribution in [-0.4, -0.2) is 51.9 Å². The van der Waals surface area contributed by atoms with Crippen molar-refractivity contribution >= 4 is 29.5 Å². The molecule has 1 aliphatic rings. The van der Waals surface area contributed by atoms with Crippen LogP contribution in [0.25, 0.3) is 0 Å². The largest absolute Gasteiger partial charge is 0.459 e. The summed E-state index contributed by atoms with van der Waals surface area (Å²) >= 11 is 5.87. The monoisotopic (exact) mass is 548 g/mol. The number of H-pyrrole nitrogens is 1. The van der Waals surface area contributed by atoms with Crippen LogP contribution in [0.15, 0.2) is 46.1 Å². The second-order valence-corrected chi connectivity index (χ2v) is 9.09. The second kappa shape index (κ2) is 11.7. The van der Waals surface area contributed by atoms with Crippen molar-refractivity contribution in [2.45, 2.75) is 51.7 Å². The van der Waals surface area contributed by atoms with Gasteiger partial charge < -0.3 is 18.9 Å². The van der Waals surface area contributed by atoms with Crippen LogP contribution in [-0.2, 0) is 28.5 Å². The Kier molecular flexibility index (Phi) is 7.91. The number of hydrogen-bond acceptors (Lipinski definition) is 9. The highest BCUT2D eigenvalue weighted by atomic mass is 35.5. The molecule has 0 amide bonds. The molecule has 2 aromatic rings. The van der Waals surface area contributed by atoms with Gasteiger partial charge in [-0.1, -0.05) is 45.2 Å². The first-order chi connectivity index (χ1) is 19.0. The van der Waals surface area contributed by atoms with Crippen molar-refractivity contribution in [1.29, 1.82) is 0 Å². The lowest BCUT2D eigenvalue weighted by Crippen LogP contribution is -2.54. The average molecular weight is 549 g/mol. The first-order valence-corrected chi connectivity index (χ1v) is 11.7. The number of ether oxygens (including phenoxy) is 4. The standard InChI is InChI=1S/C26H27ClN2O9/c1-6-26(38-23(32)15(4)5)18(13-35-24(33)16-7-9-17(27)10-8-16)36-21(20(26)37-22(31)14(2)3)29-12-11-19(30)28-25(29)34/h1,7-12,14-15,18,20-21H,13H2,2-5H3,(H,28,30,34)/t18-,20+,21?,26-/m1/s1/i2D,4D/t14?,15?,18-,20+,21?,26-. The Morgan fingerprint density at radius 3 is 2.45 bits per heavy atom. The molecule has 1 aromatic carbocycles. The third-order valence-electron chi connectivity index (χ3n) is 5.58. The molecule has 0 aliphatic carbocycles. The minimum atomic E-state index is -2.25. The molecule has 1 N–H and O–H groups in total. The fourth-order valence-electron chi connectivity index (χ4n) is 3.54. The lowest BCUT2D eigenvalue weighted by atomic mass is 9.92. The molecule has 38 heavy (non-hydrogen) atoms. The van der Waals surface area contributed by atoms with Gasteiger partial charge in [-0.2, -0.15) is 0 Å². The summed E-state index contributed by atoms with van der Waals surface area (Å²) in [4.78, 5) is 64.9. The van der Waals surface area contributed by atoms with Crippen molar-refractivity contribution in [3.63, 3.8) is 0 Å². The number of hydrogen-bond donors (Lipinski definition) is 1. The second-order valence-electron chi connectivity index (χ2n) is 8.66. The van der Waals surface area contributed by atoms with E-state index in [0.29, 0.717) is 5.02 Å². The summed E-state index contributed by atoms with van der Waals surface area (Å²) in [7, 11) is 0. The van der Waals surface area contributed by atoms with Gasteiger partial charge in [0.25, 0.3) is 5.56 Å². The van der Waals surface area contributed by atoms with Crippen LogP contribution in [0.4, 0.5) is 0 Å². The van der Waals surface area contributed by atoms with E-state index in [1.165, 1.54) is 38.1 Å². The summed E-state index contributed by atoms with van der Waals surface area (Å²) in [5.41, 5.74) is -3.79. The maximum Gasteiger partial charge on any atom is 0.338 e. The average Bonchev–Trinajstić information content (AvgIpc) is 3.23. The van der Waals surface area contributed by atoms with Crippen LogP contribution in [0.2, 0.25) is 5.02 Å². The number of aromatic nitrogens is 2. The van der Waals surface area contributed by atoms with Gasteiger partial charge in [0, 0.05) is 20.0 Å². The molecule has 12 heteroatoms. The lowest BCUT2D eigenvalue weighted by Gasteiger charge is -2.33. The highest BCUT2D eigenvalue weighted by Gasteiger charge is 2.63. The van der Waals surface area contributed by atoms with E-state index in [1.807, 2.05) is 4.98 Å². The summed E-state index contributed by atoms with van der Waals surface area (Å²) in [5.74, 6) is -2.24. The first-order valence-electron chi connectivity index (χ1n) is 12.8. The van der Waals surface area contributed by atoms with Gasteiger partial charge in [-0.05, 0) is 24.3 Å². The first kappa shape index (κ1) is 25.8. The highest BCUT2D eigenvalue weighted by Crippen LogP contribution is 2.42. The molecular weight excluding hydrogens is 520 g/mol. The third kappa shape index (κ3) is 5.98. The number of aromatic amines is 1. The number of carbonyl (C=O) groups excluding carboxylic acids is 3. The summed E-state index contributed by atoms with van der Waals surface area (Å²) in [6.07, 6.45) is 2.22. The zero-order chi connectivity index (χ0) is 29.6. The fraction of sp³-hybridized carbons (Fsp3) is 0.423. The Labute approximate surface area is 225 Å². The van der Waals surface area contributed by atoms with Crippen LogP contribution in [0, 0.1) is 24.2 Å². The number of benzene rings is 1. The fourth-order valence-corrected chi connectivity index (χ4v) is 3.67. The summed E-state index contributed by atoms with van der Waals surface area (Å²) < 4.78 is 38.6. The van der Waals surface area contributed by atoms with Gasteiger partial charge in [-0.3, -0.25) is 23.9 Å². The van der Waals surface area contributed by atoms with Gasteiger partial charge in [-0.25, -0.2) is 9.59 Å². The number of terminal acetylenes is 1. The maximum absolute atomic E-state index is 12.9. The Balaban J connectivity index is 2.09. The zero-order valence-corrected chi connectivity index (χ0v) is 21.3. The lowest BCUT2D eigenvalue weighted by molar-refractivity contribution is -0.182. The van der Waals surface area contributed by atoms with Gasteiger partial charge in [-0.15, -0.1) is 6.42 Å². The van der Waals surface area contributed by atoms with Gasteiger partial charge in [0.2, 0.25) is 11.7 Å². The molecule has 11 nitrogen and oxygen atoms in total. The Hall–Kier alpha value is -3.88. The molecule has 1 saturated heterocycles. The third-order valence-corrected chi connectivity index (χ3v) is 5.83. The van der Waals surface area contributed by atoms with Crippen molar-refractivity contribution in [3.05, 3.63) is 68.0 Å². The van der Waals surface area contributed by atoms with Crippen LogP contribution >= 0.6 is 11.6 Å². The molecule has 3 rings (SSSR count). The summed E-state index contributed by atoms with van der Waals surface area (Å²) in [6.45, 7) is 1.50. The van der Waals surface area contributed by atoms with Crippen molar-refractivity contribution in [2.24, 2.45) is 11.8 Å². The predicted molar refractivity (Wildman–Crippen MR) is 134 cm³/mol. The molecule has 1 aliphatic heterocycles. The van der Waals surface area contributed by atoms with E-state index < -0.39 is 71.6 Å². The van der Waals surface area contributed by atoms with Gasteiger partial charge in [0.05, 0.1) is 17.4 Å².